The fraction of sp³-hybridized carbons (Fsp3) is 0.750. The van der Waals surface area contributed by atoms with E-state index in [-0.39, 0.29) is 0 Å². The average Bonchev–Trinajstić information content (AvgIpc) is 1.69. The molecule has 0 spiro atoms. The molecule has 1 radical (unpaired) electrons. The third kappa shape index (κ3) is 1.43. The molecule has 0 bridgehead atoms. The van der Waals surface area contributed by atoms with Crippen LogP contribution in [0.2, 0.25) is 0 Å². The Morgan fingerprint density at radius 2 is 2.57 bits per heavy atom. The number of nitrogens with one attached hydrogen (secondary N) is 1. The SMILES string of the molecule is ON1[CH]CNCC1. The van der Waals surface area contributed by atoms with E-state index in [1.54, 1.807) is 6.54 Å². The Balaban J connectivity index is 2.12. The standard InChI is InChI=1S/C4H9N2O/c7-6-3-1-5-2-4-6/h3,5,7H,1-2,4H2. The number of piperazine rings is 1. The van der Waals surface area contributed by atoms with Crippen LogP contribution in [0.25, 0.3) is 0 Å². The molecule has 0 saturated carbocycles. The molecule has 0 aromatic rings. The fourth-order valence-electron chi connectivity index (χ4n) is 0.557. The van der Waals surface area contributed by atoms with E-state index in [1.165, 1.54) is 5.06 Å². The van der Waals surface area contributed by atoms with Crippen molar-refractivity contribution in [1.29, 1.82) is 0 Å². The minimum Gasteiger partial charge on any atom is -0.314 e. The molecule has 0 amide bonds. The van der Waals surface area contributed by atoms with E-state index in [4.69, 9.17) is 5.21 Å². The second-order valence-electron chi connectivity index (χ2n) is 1.55. The summed E-state index contributed by atoms with van der Waals surface area (Å²) in [5.74, 6) is 0. The molecule has 1 heterocycles. The lowest BCUT2D eigenvalue weighted by Gasteiger charge is -2.19. The van der Waals surface area contributed by atoms with Gasteiger partial charge in [-0.1, -0.05) is 0 Å². The Labute approximate surface area is 42.9 Å². The molecule has 41 valence electrons. The summed E-state index contributed by atoms with van der Waals surface area (Å²) in [6.07, 6.45) is 0. The average molecular weight is 101 g/mol. The molecule has 1 saturated heterocycles. The van der Waals surface area contributed by atoms with Crippen LogP contribution in [0, 0.1) is 6.54 Å². The van der Waals surface area contributed by atoms with E-state index in [9.17, 15) is 0 Å². The van der Waals surface area contributed by atoms with Crippen LogP contribution in [-0.2, 0) is 0 Å². The maximum absolute atomic E-state index is 8.65. The summed E-state index contributed by atoms with van der Waals surface area (Å²) in [6.45, 7) is 4.09. The first kappa shape index (κ1) is 5.03. The minimum atomic E-state index is 0.708. The summed E-state index contributed by atoms with van der Waals surface area (Å²) in [5.41, 5.74) is 0. The third-order valence-electron chi connectivity index (χ3n) is 0.964. The van der Waals surface area contributed by atoms with Crippen LogP contribution in [0.15, 0.2) is 0 Å². The molecule has 1 rings (SSSR count). The third-order valence-corrected chi connectivity index (χ3v) is 0.964. The first-order chi connectivity index (χ1) is 3.39. The van der Waals surface area contributed by atoms with Gasteiger partial charge in [-0.05, 0) is 0 Å². The molecule has 3 nitrogen and oxygen atoms in total. The molecule has 1 aliphatic heterocycles. The Morgan fingerprint density at radius 1 is 1.71 bits per heavy atom. The molecule has 0 aromatic heterocycles. The Bertz CT molecular complexity index is 51.7. The van der Waals surface area contributed by atoms with Crippen molar-refractivity contribution in [2.45, 2.75) is 0 Å². The molecule has 0 aromatic carbocycles. The quantitative estimate of drug-likeness (QED) is 0.429. The zero-order valence-electron chi connectivity index (χ0n) is 4.09. The molecular formula is C4H9N2O. The highest BCUT2D eigenvalue weighted by molar-refractivity contribution is 4.70. The second-order valence-corrected chi connectivity index (χ2v) is 1.55. The topological polar surface area (TPSA) is 35.5 Å². The first-order valence-electron chi connectivity index (χ1n) is 2.39. The van der Waals surface area contributed by atoms with Crippen LogP contribution in [-0.4, -0.2) is 29.9 Å². The lowest BCUT2D eigenvalue weighted by molar-refractivity contribution is -0.0696. The van der Waals surface area contributed by atoms with Gasteiger partial charge in [0.25, 0.3) is 0 Å². The summed E-state index contributed by atoms with van der Waals surface area (Å²) in [6, 6.07) is 0. The predicted molar refractivity (Wildman–Crippen MR) is 25.7 cm³/mol. The molecule has 1 fully saturated rings. The molecule has 3 heteroatoms. The number of hydroxylamine groups is 2. The summed E-state index contributed by atoms with van der Waals surface area (Å²) < 4.78 is 0. The van der Waals surface area contributed by atoms with E-state index in [0.717, 1.165) is 13.1 Å². The number of rotatable bonds is 0. The van der Waals surface area contributed by atoms with E-state index < -0.39 is 0 Å². The molecule has 0 atom stereocenters. The normalized spacial score (nSPS) is 25.3. The van der Waals surface area contributed by atoms with Crippen LogP contribution < -0.4 is 5.32 Å². The zero-order chi connectivity index (χ0) is 5.11. The van der Waals surface area contributed by atoms with Crippen LogP contribution in [0.1, 0.15) is 0 Å². The van der Waals surface area contributed by atoms with Crippen molar-refractivity contribution in [1.82, 2.24) is 10.4 Å². The first-order valence-corrected chi connectivity index (χ1v) is 2.39. The summed E-state index contributed by atoms with van der Waals surface area (Å²) in [4.78, 5) is 0. The van der Waals surface area contributed by atoms with Gasteiger partial charge >= 0.3 is 0 Å². The van der Waals surface area contributed by atoms with Gasteiger partial charge in [0.15, 0.2) is 0 Å². The van der Waals surface area contributed by atoms with Gasteiger partial charge in [-0.2, -0.15) is 5.06 Å². The van der Waals surface area contributed by atoms with Crippen LogP contribution >= 0.6 is 0 Å². The van der Waals surface area contributed by atoms with E-state index in [2.05, 4.69) is 5.32 Å². The van der Waals surface area contributed by atoms with E-state index in [1.807, 2.05) is 0 Å². The van der Waals surface area contributed by atoms with Gasteiger partial charge in [0.05, 0.1) is 6.54 Å². The van der Waals surface area contributed by atoms with Crippen molar-refractivity contribution >= 4 is 0 Å². The zero-order valence-corrected chi connectivity index (χ0v) is 4.09. The Kier molecular flexibility index (Phi) is 1.62. The van der Waals surface area contributed by atoms with Crippen molar-refractivity contribution in [2.24, 2.45) is 0 Å². The molecule has 0 aliphatic carbocycles. The van der Waals surface area contributed by atoms with Crippen molar-refractivity contribution in [3.63, 3.8) is 0 Å². The monoisotopic (exact) mass is 101 g/mol. The van der Waals surface area contributed by atoms with Crippen molar-refractivity contribution < 1.29 is 5.21 Å². The van der Waals surface area contributed by atoms with Crippen molar-refractivity contribution in [3.05, 3.63) is 6.54 Å². The largest absolute Gasteiger partial charge is 0.314 e. The summed E-state index contributed by atoms with van der Waals surface area (Å²) in [7, 11) is 0. The Hall–Kier alpha value is -0.120. The van der Waals surface area contributed by atoms with Crippen LogP contribution in [0.4, 0.5) is 0 Å². The summed E-state index contributed by atoms with van der Waals surface area (Å²) >= 11 is 0. The molecular weight excluding hydrogens is 92.1 g/mol. The van der Waals surface area contributed by atoms with Gasteiger partial charge in [0.2, 0.25) is 0 Å². The van der Waals surface area contributed by atoms with Gasteiger partial charge < -0.3 is 10.5 Å². The molecule has 0 unspecified atom stereocenters. The molecule has 1 aliphatic rings. The number of hydrogen-bond donors (Lipinski definition) is 2. The smallest absolute Gasteiger partial charge is 0.0666 e. The number of hydrogen-bond acceptors (Lipinski definition) is 3. The van der Waals surface area contributed by atoms with Crippen molar-refractivity contribution in [2.75, 3.05) is 19.6 Å². The predicted octanol–water partition coefficient (Wildman–Crippen LogP) is -0.557. The van der Waals surface area contributed by atoms with Crippen LogP contribution in [0.3, 0.4) is 0 Å². The van der Waals surface area contributed by atoms with Gasteiger partial charge in [-0.3, -0.25) is 0 Å². The fourth-order valence-corrected chi connectivity index (χ4v) is 0.557. The highest BCUT2D eigenvalue weighted by Gasteiger charge is 2.03. The number of nitrogens with zero attached hydrogens (tertiary/aromatic N) is 1. The van der Waals surface area contributed by atoms with Crippen molar-refractivity contribution in [3.8, 4) is 0 Å². The Morgan fingerprint density at radius 3 is 2.86 bits per heavy atom. The van der Waals surface area contributed by atoms with Gasteiger partial charge in [0, 0.05) is 19.6 Å². The summed E-state index contributed by atoms with van der Waals surface area (Å²) in [5, 5.41) is 12.9. The second kappa shape index (κ2) is 2.26. The molecule has 2 N–H and O–H groups in total. The van der Waals surface area contributed by atoms with E-state index in [0.29, 0.717) is 6.54 Å². The highest BCUT2D eigenvalue weighted by Crippen LogP contribution is 1.88. The lowest BCUT2D eigenvalue weighted by atomic mass is 10.4. The van der Waals surface area contributed by atoms with Gasteiger partial charge in [-0.25, -0.2) is 0 Å². The van der Waals surface area contributed by atoms with E-state index >= 15 is 0 Å². The van der Waals surface area contributed by atoms with Gasteiger partial charge in [0.1, 0.15) is 0 Å². The highest BCUT2D eigenvalue weighted by atomic mass is 16.5. The molecule has 7 heavy (non-hydrogen) atoms. The maximum Gasteiger partial charge on any atom is 0.0666 e. The maximum atomic E-state index is 8.65. The van der Waals surface area contributed by atoms with Crippen LogP contribution in [0.5, 0.6) is 0 Å². The lowest BCUT2D eigenvalue weighted by Crippen LogP contribution is -2.37. The minimum absolute atomic E-state index is 0.708. The van der Waals surface area contributed by atoms with Gasteiger partial charge in [-0.15, -0.1) is 0 Å².